The zero-order valence-electron chi connectivity index (χ0n) is 17.9. The van der Waals surface area contributed by atoms with Crippen LogP contribution in [0.15, 0.2) is 73.1 Å². The Morgan fingerprint density at radius 3 is 2.30 bits per heavy atom. The van der Waals surface area contributed by atoms with E-state index in [1.807, 2.05) is 12.3 Å². The first-order valence-corrected chi connectivity index (χ1v) is 10.9. The van der Waals surface area contributed by atoms with E-state index in [0.717, 1.165) is 32.2 Å². The average Bonchev–Trinajstić information content (AvgIpc) is 3.51. The van der Waals surface area contributed by atoms with Crippen LogP contribution in [-0.4, -0.2) is 17.4 Å². The number of carbonyl (C=O) groups is 1. The van der Waals surface area contributed by atoms with Gasteiger partial charge in [0.1, 0.15) is 0 Å². The van der Waals surface area contributed by atoms with Crippen LogP contribution in [0.25, 0.3) is 0 Å². The smallest absolute Gasteiger partial charge is 0.224 e. The Morgan fingerprint density at radius 2 is 1.70 bits per heavy atom. The minimum absolute atomic E-state index is 0.000534. The molecule has 0 spiro atoms. The van der Waals surface area contributed by atoms with Gasteiger partial charge in [-0.15, -0.1) is 0 Å². The zero-order chi connectivity index (χ0) is 21.0. The molecule has 30 heavy (non-hydrogen) atoms. The normalized spacial score (nSPS) is 16.8. The van der Waals surface area contributed by atoms with Gasteiger partial charge in [-0.05, 0) is 62.3 Å². The number of aryl methyl sites for hydroxylation is 3. The number of hydrogen-bond donors (Lipinski definition) is 1. The molecule has 1 aromatic heterocycles. The van der Waals surface area contributed by atoms with Crippen LogP contribution in [-0.2, 0) is 16.6 Å². The summed E-state index contributed by atoms with van der Waals surface area (Å²) in [5.74, 6) is 0.179. The van der Waals surface area contributed by atoms with E-state index in [2.05, 4.69) is 78.7 Å². The van der Waals surface area contributed by atoms with E-state index in [1.165, 1.54) is 27.8 Å². The Bertz CT molecular complexity index is 967. The molecule has 0 bridgehead atoms. The van der Waals surface area contributed by atoms with Crippen LogP contribution in [0.4, 0.5) is 0 Å². The van der Waals surface area contributed by atoms with E-state index in [0.29, 0.717) is 0 Å². The van der Waals surface area contributed by atoms with Gasteiger partial charge in [0.2, 0.25) is 5.91 Å². The van der Waals surface area contributed by atoms with Gasteiger partial charge in [-0.1, -0.05) is 65.7 Å². The second-order valence-corrected chi connectivity index (χ2v) is 8.58. The summed E-state index contributed by atoms with van der Waals surface area (Å²) in [5, 5.41) is 3.20. The highest BCUT2D eigenvalue weighted by Crippen LogP contribution is 2.59. The van der Waals surface area contributed by atoms with Crippen molar-refractivity contribution in [2.75, 3.05) is 6.54 Å². The fourth-order valence-corrected chi connectivity index (χ4v) is 4.56. The van der Waals surface area contributed by atoms with E-state index in [9.17, 15) is 4.79 Å². The third kappa shape index (κ3) is 4.30. The van der Waals surface area contributed by atoms with E-state index >= 15 is 0 Å². The first-order valence-electron chi connectivity index (χ1n) is 10.9. The lowest BCUT2D eigenvalue weighted by Crippen LogP contribution is -2.30. The summed E-state index contributed by atoms with van der Waals surface area (Å²) in [5.41, 5.74) is 6.04. The maximum Gasteiger partial charge on any atom is 0.224 e. The first-order chi connectivity index (χ1) is 14.6. The van der Waals surface area contributed by atoms with Crippen LogP contribution >= 0.6 is 0 Å². The molecular formula is C27H30N2O. The molecule has 0 aliphatic heterocycles. The molecule has 0 radical (unpaired) electrons. The van der Waals surface area contributed by atoms with Gasteiger partial charge in [0, 0.05) is 24.4 Å². The molecule has 1 saturated carbocycles. The first kappa shape index (κ1) is 20.3. The molecule has 2 aromatic carbocycles. The van der Waals surface area contributed by atoms with Gasteiger partial charge in [-0.25, -0.2) is 0 Å². The summed E-state index contributed by atoms with van der Waals surface area (Å²) >= 11 is 0. The minimum atomic E-state index is -0.197. The Morgan fingerprint density at radius 1 is 1.00 bits per heavy atom. The predicted molar refractivity (Wildman–Crippen MR) is 121 cm³/mol. The van der Waals surface area contributed by atoms with Crippen molar-refractivity contribution in [3.8, 4) is 0 Å². The molecule has 154 valence electrons. The highest BCUT2D eigenvalue weighted by atomic mass is 16.2. The van der Waals surface area contributed by atoms with Crippen LogP contribution in [0.3, 0.4) is 0 Å². The van der Waals surface area contributed by atoms with Gasteiger partial charge in [0.15, 0.2) is 0 Å². The fourth-order valence-electron chi connectivity index (χ4n) is 4.56. The minimum Gasteiger partial charge on any atom is -0.356 e. The summed E-state index contributed by atoms with van der Waals surface area (Å²) < 4.78 is 0. The molecule has 1 aliphatic carbocycles. The number of rotatable bonds is 8. The average molecular weight is 399 g/mol. The second kappa shape index (κ2) is 8.83. The number of nitrogens with zero attached hydrogens (tertiary/aromatic N) is 1. The van der Waals surface area contributed by atoms with Gasteiger partial charge in [0.25, 0.3) is 0 Å². The summed E-state index contributed by atoms with van der Waals surface area (Å²) in [6.07, 6.45) is 7.63. The highest BCUT2D eigenvalue weighted by Gasteiger charge is 2.60. The Kier molecular flexibility index (Phi) is 5.98. The SMILES string of the molecule is Cc1cccc(C2(c3cccc(C)c3)C[C@@H]2C(=O)NCCCCc2cccnc2)c1. The van der Waals surface area contributed by atoms with Gasteiger partial charge in [-0.3, -0.25) is 9.78 Å². The van der Waals surface area contributed by atoms with Crippen molar-refractivity contribution in [3.05, 3.63) is 101 Å². The third-order valence-electron chi connectivity index (χ3n) is 6.26. The van der Waals surface area contributed by atoms with Crippen LogP contribution in [0, 0.1) is 19.8 Å². The monoisotopic (exact) mass is 398 g/mol. The number of unbranched alkanes of at least 4 members (excludes halogenated alkanes) is 1. The summed E-state index contributed by atoms with van der Waals surface area (Å²) in [6.45, 7) is 4.97. The number of carbonyl (C=O) groups excluding carboxylic acids is 1. The number of hydrogen-bond acceptors (Lipinski definition) is 2. The Hall–Kier alpha value is -2.94. The third-order valence-corrected chi connectivity index (χ3v) is 6.26. The Labute approximate surface area is 179 Å². The number of aromatic nitrogens is 1. The second-order valence-electron chi connectivity index (χ2n) is 8.58. The standard InChI is InChI=1S/C27H30N2O/c1-20-8-5-12-23(16-20)27(24-13-6-9-21(2)17-24)18-25(27)26(30)29-15-4-3-10-22-11-7-14-28-19-22/h5-9,11-14,16-17,19,25H,3-4,10,15,18H2,1-2H3,(H,29,30)/t25-/m1/s1. The zero-order valence-corrected chi connectivity index (χ0v) is 17.9. The van der Waals surface area contributed by atoms with Crippen LogP contribution in [0.1, 0.15) is 47.1 Å². The molecule has 1 aliphatic rings. The predicted octanol–water partition coefficient (Wildman–Crippen LogP) is 5.14. The van der Waals surface area contributed by atoms with E-state index in [1.54, 1.807) is 6.20 Å². The molecule has 1 fully saturated rings. The lowest BCUT2D eigenvalue weighted by molar-refractivity contribution is -0.122. The highest BCUT2D eigenvalue weighted by molar-refractivity contribution is 5.86. The van der Waals surface area contributed by atoms with E-state index in [-0.39, 0.29) is 17.2 Å². The topological polar surface area (TPSA) is 42.0 Å². The van der Waals surface area contributed by atoms with Gasteiger partial charge in [0.05, 0.1) is 5.92 Å². The molecule has 1 N–H and O–H groups in total. The van der Waals surface area contributed by atoms with Crippen molar-refractivity contribution in [2.45, 2.75) is 44.9 Å². The number of nitrogens with one attached hydrogen (secondary N) is 1. The molecule has 3 nitrogen and oxygen atoms in total. The molecule has 1 atom stereocenters. The van der Waals surface area contributed by atoms with E-state index < -0.39 is 0 Å². The van der Waals surface area contributed by atoms with Crippen molar-refractivity contribution in [1.82, 2.24) is 10.3 Å². The summed E-state index contributed by atoms with van der Waals surface area (Å²) in [6, 6.07) is 21.4. The molecule has 0 unspecified atom stereocenters. The molecule has 1 heterocycles. The van der Waals surface area contributed by atoms with Gasteiger partial charge < -0.3 is 5.32 Å². The molecule has 4 rings (SSSR count). The maximum absolute atomic E-state index is 13.0. The van der Waals surface area contributed by atoms with Gasteiger partial charge in [-0.2, -0.15) is 0 Å². The van der Waals surface area contributed by atoms with Crippen LogP contribution in [0.2, 0.25) is 0 Å². The van der Waals surface area contributed by atoms with Crippen molar-refractivity contribution in [3.63, 3.8) is 0 Å². The lowest BCUT2D eigenvalue weighted by Gasteiger charge is -2.20. The van der Waals surface area contributed by atoms with Crippen LogP contribution < -0.4 is 5.32 Å². The maximum atomic E-state index is 13.0. The fraction of sp³-hybridized carbons (Fsp3) is 0.333. The summed E-state index contributed by atoms with van der Waals surface area (Å²) in [4.78, 5) is 17.2. The quantitative estimate of drug-likeness (QED) is 0.534. The van der Waals surface area contributed by atoms with Crippen LogP contribution in [0.5, 0.6) is 0 Å². The number of benzene rings is 2. The largest absolute Gasteiger partial charge is 0.356 e. The van der Waals surface area contributed by atoms with Crippen molar-refractivity contribution in [1.29, 1.82) is 0 Å². The lowest BCUT2D eigenvalue weighted by atomic mass is 9.84. The Balaban J connectivity index is 1.41. The molecule has 3 heteroatoms. The van der Waals surface area contributed by atoms with Crippen molar-refractivity contribution < 1.29 is 4.79 Å². The number of pyridine rings is 1. The van der Waals surface area contributed by atoms with Crippen molar-refractivity contribution >= 4 is 5.91 Å². The van der Waals surface area contributed by atoms with Gasteiger partial charge >= 0.3 is 0 Å². The number of amides is 1. The van der Waals surface area contributed by atoms with Crippen molar-refractivity contribution in [2.24, 2.45) is 5.92 Å². The molecule has 1 amide bonds. The van der Waals surface area contributed by atoms with E-state index in [4.69, 9.17) is 0 Å². The molecular weight excluding hydrogens is 368 g/mol. The molecule has 0 saturated heterocycles. The summed E-state index contributed by atoms with van der Waals surface area (Å²) in [7, 11) is 0. The molecule has 3 aromatic rings.